The lowest BCUT2D eigenvalue weighted by atomic mass is 9.76. The van der Waals surface area contributed by atoms with Gasteiger partial charge >= 0.3 is 5.97 Å². The normalized spacial score (nSPS) is 19.7. The number of carbonyl (C=O) groups is 1. The molecule has 0 radical (unpaired) electrons. The van der Waals surface area contributed by atoms with Gasteiger partial charge in [-0.15, -0.1) is 0 Å². The molecule has 372 valence electrons. The Hall–Kier alpha value is -4.14. The third-order valence-corrected chi connectivity index (χ3v) is 15.0. The van der Waals surface area contributed by atoms with E-state index < -0.39 is 68.8 Å². The summed E-state index contributed by atoms with van der Waals surface area (Å²) in [6.45, 7) is 5.93. The van der Waals surface area contributed by atoms with E-state index in [4.69, 9.17) is 19.3 Å². The number of methoxy groups -OCH3 is 1. The quantitative estimate of drug-likeness (QED) is 0.0290. The van der Waals surface area contributed by atoms with Crippen LogP contribution in [-0.4, -0.2) is 138 Å². The van der Waals surface area contributed by atoms with Crippen molar-refractivity contribution in [2.75, 3.05) is 69.6 Å². The van der Waals surface area contributed by atoms with Crippen LogP contribution in [0.3, 0.4) is 0 Å². The van der Waals surface area contributed by atoms with Crippen LogP contribution in [0.1, 0.15) is 76.3 Å². The second kappa shape index (κ2) is 23.9. The van der Waals surface area contributed by atoms with Gasteiger partial charge in [-0.2, -0.15) is 38.2 Å². The summed E-state index contributed by atoms with van der Waals surface area (Å²) in [7, 11) is -16.4. The molecule has 0 aromatic heterocycles. The Morgan fingerprint density at radius 2 is 1.22 bits per heavy atom. The number of allylic oxidation sites excluding steroid dienone is 8. The van der Waals surface area contributed by atoms with Crippen molar-refractivity contribution in [3.05, 3.63) is 95.8 Å². The summed E-state index contributed by atoms with van der Waals surface area (Å²) in [5.74, 6) is -2.02. The van der Waals surface area contributed by atoms with E-state index in [2.05, 4.69) is 0 Å². The number of nitrogens with zero attached hydrogens (tertiary/aromatic N) is 2. The highest BCUT2D eigenvalue weighted by Crippen LogP contribution is 2.51. The topological polar surface area (TPSA) is 289 Å². The van der Waals surface area contributed by atoms with Gasteiger partial charge in [-0.05, 0) is 94.3 Å². The Morgan fingerprint density at radius 3 is 1.82 bits per heavy atom. The number of anilines is 1. The van der Waals surface area contributed by atoms with Gasteiger partial charge in [0.1, 0.15) is 6.54 Å². The molecule has 0 bridgehead atoms. The van der Waals surface area contributed by atoms with Crippen LogP contribution in [0.15, 0.2) is 94.4 Å². The van der Waals surface area contributed by atoms with E-state index >= 15 is 0 Å². The largest absolute Gasteiger partial charge is 0.481 e. The number of hydrogen-bond donors (Lipinski definition) is 5. The molecule has 5 N–H and O–H groups in total. The van der Waals surface area contributed by atoms with Crippen LogP contribution >= 0.6 is 0 Å². The number of carboxylic acids is 1. The molecule has 2 aromatic rings. The van der Waals surface area contributed by atoms with Crippen molar-refractivity contribution in [1.82, 2.24) is 0 Å². The summed E-state index contributed by atoms with van der Waals surface area (Å²) < 4.78 is 153. The predicted molar refractivity (Wildman–Crippen MR) is 251 cm³/mol. The molecule has 0 saturated heterocycles. The van der Waals surface area contributed by atoms with E-state index in [1.165, 1.54) is 24.3 Å². The van der Waals surface area contributed by atoms with Crippen molar-refractivity contribution in [3.8, 4) is 0 Å². The number of fused-ring (bicyclic) bond motifs is 2. The number of aliphatic carboxylic acids is 1. The highest BCUT2D eigenvalue weighted by Gasteiger charge is 2.48. The highest BCUT2D eigenvalue weighted by atomic mass is 32.2. The average Bonchev–Trinajstić information content (AvgIpc) is 3.59. The summed E-state index contributed by atoms with van der Waals surface area (Å²) in [4.78, 5) is 12.3. The van der Waals surface area contributed by atoms with Crippen LogP contribution in [0, 0.1) is 0 Å². The fourth-order valence-corrected chi connectivity index (χ4v) is 10.5. The Morgan fingerprint density at radius 1 is 0.672 bits per heavy atom. The van der Waals surface area contributed by atoms with Crippen molar-refractivity contribution >= 4 is 63.5 Å². The van der Waals surface area contributed by atoms with Crippen molar-refractivity contribution < 1.29 is 80.6 Å². The van der Waals surface area contributed by atoms with Gasteiger partial charge < -0.3 is 24.2 Å². The number of rotatable bonds is 29. The molecule has 0 saturated carbocycles. The summed E-state index contributed by atoms with van der Waals surface area (Å²) in [6, 6.07) is 8.34. The Labute approximate surface area is 393 Å². The van der Waals surface area contributed by atoms with Crippen molar-refractivity contribution in [1.29, 1.82) is 0 Å². The molecule has 2 heterocycles. The van der Waals surface area contributed by atoms with Gasteiger partial charge in [0, 0.05) is 61.0 Å². The number of ether oxygens (including phenoxy) is 3. The maximum Gasteiger partial charge on any atom is 0.303 e. The minimum Gasteiger partial charge on any atom is -0.481 e. The summed E-state index contributed by atoms with van der Waals surface area (Å²) in [5.41, 5.74) is 1.50. The van der Waals surface area contributed by atoms with Gasteiger partial charge in [0.25, 0.3) is 40.5 Å². The van der Waals surface area contributed by atoms with Crippen LogP contribution in [0.5, 0.6) is 0 Å². The molecular formula is C44H61N2O17S4+. The fraction of sp³-hybridized carbons (Fsp3) is 0.500. The van der Waals surface area contributed by atoms with Gasteiger partial charge in [-0.25, -0.2) is 0 Å². The zero-order chi connectivity index (χ0) is 49.7. The molecule has 4 rings (SSSR count). The lowest BCUT2D eigenvalue weighted by Crippen LogP contribution is -2.32. The number of hydrogen-bond acceptors (Lipinski definition) is 13. The maximum atomic E-state index is 12.3. The third-order valence-electron chi connectivity index (χ3n) is 11.7. The molecule has 2 atom stereocenters. The van der Waals surface area contributed by atoms with E-state index in [9.17, 15) is 56.7 Å². The number of benzene rings is 2. The fourth-order valence-electron chi connectivity index (χ4n) is 8.44. The summed E-state index contributed by atoms with van der Waals surface area (Å²) in [6.07, 6.45) is 14.0. The minimum atomic E-state index is -4.62. The van der Waals surface area contributed by atoms with E-state index in [-0.39, 0.29) is 61.7 Å². The second-order valence-electron chi connectivity index (χ2n) is 16.5. The van der Waals surface area contributed by atoms with Gasteiger partial charge in [-0.1, -0.05) is 30.4 Å². The standard InChI is InChI=1S/C44H60N2O17S4/c1-43(21-12-30-64(49,50)51)36-32-34(66(55,56)57)17-19-38(36)45(23-11-7-10-16-42(47)48)40(43)14-8-5-4-6-9-15-41-44(2,22-13-31-65(52,53)54)37-33-35(67(58,59)60)18-20-39(37)46(41)24-25-62-28-29-63-27-26-61-3/h4-6,8-9,14-15,17-20,32-33H,7,10-13,16,21-31H2,1-3H3,(H4-,47,48,49,50,51,52,53,54,55,56,57,58,59,60)/p+1. The zero-order valence-electron chi connectivity index (χ0n) is 37.7. The van der Waals surface area contributed by atoms with Gasteiger partial charge in [-0.3, -0.25) is 23.0 Å². The van der Waals surface area contributed by atoms with Crippen LogP contribution in [0.4, 0.5) is 11.4 Å². The van der Waals surface area contributed by atoms with Gasteiger partial charge in [0.05, 0.1) is 59.7 Å². The van der Waals surface area contributed by atoms with E-state index in [1.54, 1.807) is 61.8 Å². The van der Waals surface area contributed by atoms with Crippen molar-refractivity contribution in [3.63, 3.8) is 0 Å². The van der Waals surface area contributed by atoms with Crippen molar-refractivity contribution in [2.45, 2.75) is 85.8 Å². The summed E-state index contributed by atoms with van der Waals surface area (Å²) >= 11 is 0. The number of unbranched alkanes of at least 4 members (excludes halogenated alkanes) is 2. The molecular weight excluding hydrogens is 957 g/mol. The van der Waals surface area contributed by atoms with E-state index in [0.29, 0.717) is 79.5 Å². The first-order chi connectivity index (χ1) is 31.3. The molecule has 0 fully saturated rings. The van der Waals surface area contributed by atoms with Crippen molar-refractivity contribution in [2.24, 2.45) is 0 Å². The van der Waals surface area contributed by atoms with E-state index in [0.717, 1.165) is 0 Å². The maximum absolute atomic E-state index is 12.3. The Bertz CT molecular complexity index is 2690. The minimum absolute atomic E-state index is 0.00405. The number of carboxylic acid groups (broad SMARTS) is 1. The lowest BCUT2D eigenvalue weighted by Gasteiger charge is -2.30. The molecule has 23 heteroatoms. The molecule has 2 aliphatic heterocycles. The van der Waals surface area contributed by atoms with Crippen LogP contribution in [-0.2, 0) is 70.3 Å². The molecule has 0 spiro atoms. The molecule has 19 nitrogen and oxygen atoms in total. The molecule has 2 aliphatic rings. The van der Waals surface area contributed by atoms with Crippen LogP contribution in [0.25, 0.3) is 0 Å². The first-order valence-electron chi connectivity index (χ1n) is 21.5. The Balaban J connectivity index is 1.72. The average molecular weight is 1020 g/mol. The van der Waals surface area contributed by atoms with Gasteiger partial charge in [0.15, 0.2) is 5.71 Å². The monoisotopic (exact) mass is 1020 g/mol. The predicted octanol–water partition coefficient (Wildman–Crippen LogP) is 5.53. The molecule has 67 heavy (non-hydrogen) atoms. The third kappa shape index (κ3) is 16.0. The first kappa shape index (κ1) is 55.5. The molecule has 0 aliphatic carbocycles. The molecule has 2 unspecified atom stereocenters. The smallest absolute Gasteiger partial charge is 0.303 e. The SMILES string of the molecule is COCCOCCOCCN1/C(=C/C=C/C=C/C=C/C2=[N+](CCCCCC(=O)O)c3ccc(S(=O)(=O)O)cc3C2(C)CCCS(=O)(=O)O)C(C)(CCCS(=O)(=O)O)c2cc(S(=O)(=O)O)ccc21. The van der Waals surface area contributed by atoms with Crippen LogP contribution < -0.4 is 4.90 Å². The first-order valence-corrected chi connectivity index (χ1v) is 27.6. The van der Waals surface area contributed by atoms with E-state index in [1.807, 2.05) is 23.3 Å². The van der Waals surface area contributed by atoms with Crippen LogP contribution in [0.2, 0.25) is 0 Å². The second-order valence-corrected chi connectivity index (χ2v) is 22.5. The zero-order valence-corrected chi connectivity index (χ0v) is 41.0. The Kier molecular flexibility index (Phi) is 19.8. The highest BCUT2D eigenvalue weighted by molar-refractivity contribution is 7.86. The van der Waals surface area contributed by atoms with Gasteiger partial charge in [0.2, 0.25) is 5.69 Å². The summed E-state index contributed by atoms with van der Waals surface area (Å²) in [5, 5.41) is 9.13. The lowest BCUT2D eigenvalue weighted by molar-refractivity contribution is -0.438. The molecule has 2 aromatic carbocycles. The molecule has 0 amide bonds.